The zero-order valence-electron chi connectivity index (χ0n) is 14.4. The number of hydrogen-bond acceptors (Lipinski definition) is 4. The molecular weight excluding hydrogens is 284 g/mol. The molecular formula is C16H30N2O4. The van der Waals surface area contributed by atoms with E-state index in [-0.39, 0.29) is 24.3 Å². The number of nitrogens with zero attached hydrogens (tertiary/aromatic N) is 1. The highest BCUT2D eigenvalue weighted by atomic mass is 16.6. The van der Waals surface area contributed by atoms with Crippen LogP contribution in [-0.4, -0.2) is 53.3 Å². The molecule has 0 aliphatic carbocycles. The number of rotatable bonds is 4. The Bertz CT molecular complexity index is 390. The summed E-state index contributed by atoms with van der Waals surface area (Å²) in [5, 5.41) is 12.0. The highest BCUT2D eigenvalue weighted by Crippen LogP contribution is 2.18. The van der Waals surface area contributed by atoms with Crippen LogP contribution in [0, 0.1) is 11.8 Å². The van der Waals surface area contributed by atoms with Crippen molar-refractivity contribution in [1.29, 1.82) is 0 Å². The number of hydrogen-bond donors (Lipinski definition) is 2. The largest absolute Gasteiger partial charge is 0.444 e. The highest BCUT2D eigenvalue weighted by molar-refractivity contribution is 5.86. The van der Waals surface area contributed by atoms with E-state index in [1.165, 1.54) is 0 Å². The first kappa shape index (κ1) is 18.7. The monoisotopic (exact) mass is 314 g/mol. The Balaban J connectivity index is 2.69. The number of aliphatic hydroxyl groups excluding tert-OH is 1. The molecule has 1 rings (SSSR count). The fraction of sp³-hybridized carbons (Fsp3) is 0.875. The molecule has 1 fully saturated rings. The summed E-state index contributed by atoms with van der Waals surface area (Å²) in [5.74, 6) is 0.000527. The molecule has 1 saturated heterocycles. The summed E-state index contributed by atoms with van der Waals surface area (Å²) in [5.41, 5.74) is -0.595. The van der Waals surface area contributed by atoms with Gasteiger partial charge in [-0.1, -0.05) is 13.8 Å². The van der Waals surface area contributed by atoms with Gasteiger partial charge in [-0.15, -0.1) is 0 Å². The van der Waals surface area contributed by atoms with Crippen LogP contribution in [0.3, 0.4) is 0 Å². The van der Waals surface area contributed by atoms with Crippen molar-refractivity contribution in [2.24, 2.45) is 11.8 Å². The molecule has 0 aromatic rings. The zero-order chi connectivity index (χ0) is 16.9. The maximum Gasteiger partial charge on any atom is 0.408 e. The van der Waals surface area contributed by atoms with Crippen LogP contribution in [-0.2, 0) is 9.53 Å². The average Bonchev–Trinajstić information content (AvgIpc) is 2.42. The molecule has 0 aromatic heterocycles. The average molecular weight is 314 g/mol. The Morgan fingerprint density at radius 3 is 2.50 bits per heavy atom. The predicted octanol–water partition coefficient (Wildman–Crippen LogP) is 1.77. The molecule has 0 saturated carbocycles. The van der Waals surface area contributed by atoms with Gasteiger partial charge in [-0.25, -0.2) is 4.79 Å². The molecule has 2 atom stereocenters. The van der Waals surface area contributed by atoms with Crippen molar-refractivity contribution < 1.29 is 19.4 Å². The van der Waals surface area contributed by atoms with Crippen LogP contribution in [0.25, 0.3) is 0 Å². The Morgan fingerprint density at radius 2 is 2.00 bits per heavy atom. The molecule has 6 heteroatoms. The van der Waals surface area contributed by atoms with Gasteiger partial charge in [0, 0.05) is 19.7 Å². The molecule has 0 aromatic carbocycles. The van der Waals surface area contributed by atoms with Crippen LogP contribution in [0.4, 0.5) is 4.79 Å². The lowest BCUT2D eigenvalue weighted by Gasteiger charge is -2.35. The Labute approximate surface area is 133 Å². The molecule has 2 amide bonds. The van der Waals surface area contributed by atoms with Crippen molar-refractivity contribution in [3.05, 3.63) is 0 Å². The summed E-state index contributed by atoms with van der Waals surface area (Å²) < 4.78 is 5.24. The first-order valence-corrected chi connectivity index (χ1v) is 8.03. The van der Waals surface area contributed by atoms with Gasteiger partial charge in [0.2, 0.25) is 5.91 Å². The molecule has 1 aliphatic rings. The lowest BCUT2D eigenvalue weighted by atomic mass is 9.96. The highest BCUT2D eigenvalue weighted by Gasteiger charge is 2.32. The SMILES string of the molecule is CC(C)C(NC(=O)OC(C)(C)C)C(=O)N1CCCC(CO)C1. The molecule has 0 bridgehead atoms. The van der Waals surface area contributed by atoms with Crippen molar-refractivity contribution >= 4 is 12.0 Å². The van der Waals surface area contributed by atoms with Gasteiger partial charge in [0.1, 0.15) is 11.6 Å². The first-order chi connectivity index (χ1) is 10.1. The van der Waals surface area contributed by atoms with Crippen LogP contribution in [0.5, 0.6) is 0 Å². The number of likely N-dealkylation sites (tertiary alicyclic amines) is 1. The first-order valence-electron chi connectivity index (χ1n) is 8.03. The smallest absolute Gasteiger partial charge is 0.408 e. The van der Waals surface area contributed by atoms with Crippen molar-refractivity contribution in [2.75, 3.05) is 19.7 Å². The Kier molecular flexibility index (Phi) is 6.66. The van der Waals surface area contributed by atoms with E-state index in [2.05, 4.69) is 5.32 Å². The normalized spacial score (nSPS) is 20.7. The van der Waals surface area contributed by atoms with Crippen LogP contribution in [0.2, 0.25) is 0 Å². The maximum atomic E-state index is 12.7. The molecule has 6 nitrogen and oxygen atoms in total. The number of carbonyl (C=O) groups excluding carboxylic acids is 2. The lowest BCUT2D eigenvalue weighted by molar-refractivity contribution is -0.136. The molecule has 0 radical (unpaired) electrons. The van der Waals surface area contributed by atoms with Gasteiger partial charge in [-0.3, -0.25) is 4.79 Å². The summed E-state index contributed by atoms with van der Waals surface area (Å²) in [6, 6.07) is -0.604. The van der Waals surface area contributed by atoms with Gasteiger partial charge in [-0.2, -0.15) is 0 Å². The molecule has 22 heavy (non-hydrogen) atoms. The maximum absolute atomic E-state index is 12.7. The fourth-order valence-electron chi connectivity index (χ4n) is 2.56. The van der Waals surface area contributed by atoms with Crippen LogP contribution >= 0.6 is 0 Å². The van der Waals surface area contributed by atoms with Gasteiger partial charge >= 0.3 is 6.09 Å². The van der Waals surface area contributed by atoms with E-state index in [0.29, 0.717) is 13.1 Å². The molecule has 1 aliphatic heterocycles. The Morgan fingerprint density at radius 1 is 1.36 bits per heavy atom. The van der Waals surface area contributed by atoms with Gasteiger partial charge in [0.25, 0.3) is 0 Å². The molecule has 2 unspecified atom stereocenters. The quantitative estimate of drug-likeness (QED) is 0.829. The van der Waals surface area contributed by atoms with E-state index in [4.69, 9.17) is 4.74 Å². The molecule has 2 N–H and O–H groups in total. The minimum absolute atomic E-state index is 0.0329. The van der Waals surface area contributed by atoms with Crippen molar-refractivity contribution in [3.63, 3.8) is 0 Å². The van der Waals surface area contributed by atoms with E-state index in [1.807, 2.05) is 13.8 Å². The van der Waals surface area contributed by atoms with Crippen LogP contribution in [0.15, 0.2) is 0 Å². The van der Waals surface area contributed by atoms with E-state index in [1.54, 1.807) is 25.7 Å². The van der Waals surface area contributed by atoms with Crippen LogP contribution < -0.4 is 5.32 Å². The fourth-order valence-corrected chi connectivity index (χ4v) is 2.56. The van der Waals surface area contributed by atoms with Gasteiger partial charge < -0.3 is 20.1 Å². The summed E-state index contributed by atoms with van der Waals surface area (Å²) in [6.45, 7) is 10.5. The van der Waals surface area contributed by atoms with Gasteiger partial charge in [-0.05, 0) is 45.4 Å². The van der Waals surface area contributed by atoms with E-state index >= 15 is 0 Å². The standard InChI is InChI=1S/C16H30N2O4/c1-11(2)13(17-15(21)22-16(3,4)5)14(20)18-8-6-7-12(9-18)10-19/h11-13,19H,6-10H2,1-5H3,(H,17,21). The number of piperidine rings is 1. The number of ether oxygens (including phenoxy) is 1. The number of alkyl carbamates (subject to hydrolysis) is 1. The second-order valence-electron chi connectivity index (χ2n) is 7.34. The number of carbonyl (C=O) groups is 2. The van der Waals surface area contributed by atoms with E-state index in [0.717, 1.165) is 12.8 Å². The van der Waals surface area contributed by atoms with Gasteiger partial charge in [0.15, 0.2) is 0 Å². The third kappa shape index (κ3) is 5.83. The molecule has 128 valence electrons. The van der Waals surface area contributed by atoms with Crippen molar-refractivity contribution in [1.82, 2.24) is 10.2 Å². The third-order valence-electron chi connectivity index (χ3n) is 3.69. The zero-order valence-corrected chi connectivity index (χ0v) is 14.4. The second kappa shape index (κ2) is 7.81. The number of nitrogens with one attached hydrogen (secondary N) is 1. The lowest BCUT2D eigenvalue weighted by Crippen LogP contribution is -2.54. The summed E-state index contributed by atoms with van der Waals surface area (Å²) in [6.07, 6.45) is 1.25. The van der Waals surface area contributed by atoms with Gasteiger partial charge in [0.05, 0.1) is 0 Å². The van der Waals surface area contributed by atoms with E-state index in [9.17, 15) is 14.7 Å². The minimum Gasteiger partial charge on any atom is -0.444 e. The number of amides is 2. The summed E-state index contributed by atoms with van der Waals surface area (Å²) in [7, 11) is 0. The number of aliphatic hydroxyl groups is 1. The summed E-state index contributed by atoms with van der Waals surface area (Å²) >= 11 is 0. The topological polar surface area (TPSA) is 78.9 Å². The van der Waals surface area contributed by atoms with Crippen molar-refractivity contribution in [2.45, 2.75) is 59.1 Å². The molecule has 0 spiro atoms. The third-order valence-corrected chi connectivity index (χ3v) is 3.69. The Hall–Kier alpha value is -1.30. The summed E-state index contributed by atoms with van der Waals surface area (Å²) in [4.78, 5) is 26.4. The second-order valence-corrected chi connectivity index (χ2v) is 7.34. The van der Waals surface area contributed by atoms with Crippen molar-refractivity contribution in [3.8, 4) is 0 Å². The minimum atomic E-state index is -0.604. The predicted molar refractivity (Wildman–Crippen MR) is 84.4 cm³/mol. The van der Waals surface area contributed by atoms with E-state index < -0.39 is 17.7 Å². The molecule has 1 heterocycles. The van der Waals surface area contributed by atoms with Crippen LogP contribution in [0.1, 0.15) is 47.5 Å².